The van der Waals surface area contributed by atoms with Gasteiger partial charge in [-0.25, -0.2) is 0 Å². The first-order valence-corrected chi connectivity index (χ1v) is 8.69. The van der Waals surface area contributed by atoms with Crippen molar-refractivity contribution in [1.29, 1.82) is 0 Å². The van der Waals surface area contributed by atoms with Gasteiger partial charge in [0.25, 0.3) is 0 Å². The van der Waals surface area contributed by atoms with Crippen molar-refractivity contribution in [2.24, 2.45) is 17.3 Å². The fourth-order valence-corrected chi connectivity index (χ4v) is 4.74. The number of carbonyl (C=O) groups excluding carboxylic acids is 1. The minimum absolute atomic E-state index is 0.222. The Kier molecular flexibility index (Phi) is 4.01. The van der Waals surface area contributed by atoms with E-state index in [-0.39, 0.29) is 11.3 Å². The van der Waals surface area contributed by atoms with Crippen LogP contribution in [0.5, 0.6) is 0 Å². The molecule has 2 aliphatic carbocycles. The fourth-order valence-electron chi connectivity index (χ4n) is 4.74. The van der Waals surface area contributed by atoms with Crippen LogP contribution in [0.3, 0.4) is 0 Å². The molecule has 0 aromatic heterocycles. The maximum Gasteiger partial charge on any atom is 0.136 e. The maximum absolute atomic E-state index is 12.5. The van der Waals surface area contributed by atoms with Gasteiger partial charge >= 0.3 is 0 Å². The SMILES string of the molecule is C=C1CC[C@H]2[C@H](CCc3cc(C)ccc3C)C(=O)CC[C@]12C. The molecular weight excluding hydrogens is 268 g/mol. The van der Waals surface area contributed by atoms with Crippen LogP contribution in [-0.2, 0) is 11.2 Å². The molecule has 2 fully saturated rings. The molecule has 0 aliphatic heterocycles. The quantitative estimate of drug-likeness (QED) is 0.702. The molecule has 0 unspecified atom stereocenters. The van der Waals surface area contributed by atoms with Crippen LogP contribution in [0.2, 0.25) is 0 Å². The minimum Gasteiger partial charge on any atom is -0.299 e. The Morgan fingerprint density at radius 2 is 2.05 bits per heavy atom. The van der Waals surface area contributed by atoms with Gasteiger partial charge in [0.2, 0.25) is 0 Å². The summed E-state index contributed by atoms with van der Waals surface area (Å²) in [5.41, 5.74) is 5.70. The van der Waals surface area contributed by atoms with E-state index in [1.54, 1.807) is 0 Å². The van der Waals surface area contributed by atoms with Crippen molar-refractivity contribution in [3.8, 4) is 0 Å². The van der Waals surface area contributed by atoms with Crippen molar-refractivity contribution >= 4 is 5.78 Å². The number of aryl methyl sites for hydroxylation is 3. The van der Waals surface area contributed by atoms with Crippen molar-refractivity contribution in [1.82, 2.24) is 0 Å². The molecule has 3 atom stereocenters. The summed E-state index contributed by atoms with van der Waals surface area (Å²) in [5, 5.41) is 0. The van der Waals surface area contributed by atoms with Gasteiger partial charge in [-0.3, -0.25) is 4.79 Å². The number of Topliss-reactive ketones (excluding diaryl/α,β-unsaturated/α-hetero) is 1. The fraction of sp³-hybridized carbons (Fsp3) is 0.571. The van der Waals surface area contributed by atoms with Crippen LogP contribution in [0.15, 0.2) is 30.4 Å². The molecule has 0 bridgehead atoms. The molecule has 2 saturated carbocycles. The summed E-state index contributed by atoms with van der Waals surface area (Å²) in [7, 11) is 0. The lowest BCUT2D eigenvalue weighted by Crippen LogP contribution is -2.39. The Bertz CT molecular complexity index is 612. The number of benzene rings is 1. The molecule has 0 spiro atoms. The van der Waals surface area contributed by atoms with Crippen LogP contribution in [0, 0.1) is 31.1 Å². The Hall–Kier alpha value is -1.37. The van der Waals surface area contributed by atoms with Crippen LogP contribution < -0.4 is 0 Å². The average Bonchev–Trinajstić information content (AvgIpc) is 2.78. The minimum atomic E-state index is 0.222. The summed E-state index contributed by atoms with van der Waals surface area (Å²) in [5.74, 6) is 1.28. The summed E-state index contributed by atoms with van der Waals surface area (Å²) < 4.78 is 0. The third-order valence-corrected chi connectivity index (χ3v) is 6.40. The normalized spacial score (nSPS) is 31.4. The second-order valence-corrected chi connectivity index (χ2v) is 7.71. The molecule has 0 heterocycles. The highest BCUT2D eigenvalue weighted by atomic mass is 16.1. The number of hydrogen-bond donors (Lipinski definition) is 0. The van der Waals surface area contributed by atoms with Crippen molar-refractivity contribution < 1.29 is 4.79 Å². The highest BCUT2D eigenvalue weighted by molar-refractivity contribution is 5.82. The predicted octanol–water partition coefficient (Wildman–Crippen LogP) is 5.19. The van der Waals surface area contributed by atoms with Gasteiger partial charge in [-0.2, -0.15) is 0 Å². The monoisotopic (exact) mass is 296 g/mol. The van der Waals surface area contributed by atoms with E-state index in [1.165, 1.54) is 28.7 Å². The predicted molar refractivity (Wildman–Crippen MR) is 91.9 cm³/mol. The Morgan fingerprint density at radius 1 is 1.27 bits per heavy atom. The summed E-state index contributed by atoms with van der Waals surface area (Å²) >= 11 is 0. The molecule has 0 radical (unpaired) electrons. The number of rotatable bonds is 3. The maximum atomic E-state index is 12.5. The van der Waals surface area contributed by atoms with Crippen LogP contribution in [0.25, 0.3) is 0 Å². The van der Waals surface area contributed by atoms with Gasteiger partial charge in [0.15, 0.2) is 0 Å². The van der Waals surface area contributed by atoms with Gasteiger partial charge in [0.1, 0.15) is 5.78 Å². The lowest BCUT2D eigenvalue weighted by Gasteiger charge is -2.41. The van der Waals surface area contributed by atoms with Crippen LogP contribution >= 0.6 is 0 Å². The lowest BCUT2D eigenvalue weighted by molar-refractivity contribution is -0.129. The molecule has 2 aliphatic rings. The van der Waals surface area contributed by atoms with Crippen LogP contribution in [0.1, 0.15) is 55.7 Å². The molecule has 118 valence electrons. The summed E-state index contributed by atoms with van der Waals surface area (Å²) in [6.45, 7) is 11.0. The second kappa shape index (κ2) is 5.68. The first kappa shape index (κ1) is 15.5. The van der Waals surface area contributed by atoms with E-state index in [0.29, 0.717) is 11.7 Å². The van der Waals surface area contributed by atoms with E-state index in [9.17, 15) is 4.79 Å². The van der Waals surface area contributed by atoms with E-state index < -0.39 is 0 Å². The van der Waals surface area contributed by atoms with Crippen molar-refractivity contribution in [2.45, 2.75) is 59.3 Å². The second-order valence-electron chi connectivity index (χ2n) is 7.71. The van der Waals surface area contributed by atoms with Crippen molar-refractivity contribution in [3.05, 3.63) is 47.0 Å². The lowest BCUT2D eigenvalue weighted by atomic mass is 9.62. The van der Waals surface area contributed by atoms with Gasteiger partial charge in [0, 0.05) is 12.3 Å². The van der Waals surface area contributed by atoms with Gasteiger partial charge in [-0.15, -0.1) is 0 Å². The Labute approximate surface area is 134 Å². The third-order valence-electron chi connectivity index (χ3n) is 6.40. The van der Waals surface area contributed by atoms with Crippen LogP contribution in [-0.4, -0.2) is 5.78 Å². The molecule has 0 saturated heterocycles. The van der Waals surface area contributed by atoms with E-state index >= 15 is 0 Å². The molecule has 22 heavy (non-hydrogen) atoms. The standard InChI is InChI=1S/C21H28O/c1-14-5-6-15(2)17(13-14)8-9-18-19-10-7-16(3)21(19,4)12-11-20(18)22/h5-6,13,18-19H,3,7-12H2,1-2,4H3/t18-,19-,21+/m0/s1. The topological polar surface area (TPSA) is 17.1 Å². The first-order chi connectivity index (χ1) is 10.4. The molecule has 1 heteroatoms. The molecule has 0 N–H and O–H groups in total. The number of allylic oxidation sites excluding steroid dienone is 1. The zero-order chi connectivity index (χ0) is 15.9. The zero-order valence-corrected chi connectivity index (χ0v) is 14.2. The summed E-state index contributed by atoms with van der Waals surface area (Å²) in [6, 6.07) is 6.66. The molecule has 1 nitrogen and oxygen atoms in total. The van der Waals surface area contributed by atoms with E-state index in [1.807, 2.05) is 0 Å². The highest BCUT2D eigenvalue weighted by Gasteiger charge is 2.50. The molecule has 1 aromatic rings. The smallest absolute Gasteiger partial charge is 0.136 e. The molecular formula is C21H28O. The van der Waals surface area contributed by atoms with Crippen molar-refractivity contribution in [2.75, 3.05) is 0 Å². The number of hydrogen-bond acceptors (Lipinski definition) is 1. The summed E-state index contributed by atoms with van der Waals surface area (Å²) in [4.78, 5) is 12.5. The van der Waals surface area contributed by atoms with E-state index in [4.69, 9.17) is 0 Å². The molecule has 0 amide bonds. The third kappa shape index (κ3) is 2.55. The van der Waals surface area contributed by atoms with E-state index in [2.05, 4.69) is 45.5 Å². The zero-order valence-electron chi connectivity index (χ0n) is 14.2. The average molecular weight is 296 g/mol. The number of carbonyl (C=O) groups is 1. The number of fused-ring (bicyclic) bond motifs is 1. The molecule has 3 rings (SSSR count). The van der Waals surface area contributed by atoms with Gasteiger partial charge < -0.3 is 0 Å². The van der Waals surface area contributed by atoms with Gasteiger partial charge in [-0.05, 0) is 68.4 Å². The largest absolute Gasteiger partial charge is 0.299 e. The van der Waals surface area contributed by atoms with Gasteiger partial charge in [-0.1, -0.05) is 42.8 Å². The van der Waals surface area contributed by atoms with Crippen LogP contribution in [0.4, 0.5) is 0 Å². The first-order valence-electron chi connectivity index (χ1n) is 8.69. The summed E-state index contributed by atoms with van der Waals surface area (Å²) in [6.07, 6.45) is 6.10. The van der Waals surface area contributed by atoms with Gasteiger partial charge in [0.05, 0.1) is 0 Å². The Morgan fingerprint density at radius 3 is 2.82 bits per heavy atom. The number of ketones is 1. The van der Waals surface area contributed by atoms with E-state index in [0.717, 1.165) is 32.1 Å². The molecule has 1 aromatic carbocycles. The van der Waals surface area contributed by atoms with Crippen molar-refractivity contribution in [3.63, 3.8) is 0 Å². The Balaban J connectivity index is 1.77. The highest BCUT2D eigenvalue weighted by Crippen LogP contribution is 2.56.